The molecule has 0 aliphatic carbocycles. The van der Waals surface area contributed by atoms with Crippen LogP contribution < -0.4 is 20.0 Å². The van der Waals surface area contributed by atoms with Gasteiger partial charge in [-0.05, 0) is 68.9 Å². The lowest BCUT2D eigenvalue weighted by Crippen LogP contribution is -2.29. The summed E-state index contributed by atoms with van der Waals surface area (Å²) >= 11 is 0. The molecule has 3 aliphatic rings. The van der Waals surface area contributed by atoms with Gasteiger partial charge in [-0.3, -0.25) is 0 Å². The molecule has 1 N–H and O–H groups in total. The maximum absolute atomic E-state index is 13.8. The number of fused-ring (bicyclic) bond motifs is 2. The van der Waals surface area contributed by atoms with Crippen LogP contribution in [-0.2, 0) is 25.4 Å². The van der Waals surface area contributed by atoms with Gasteiger partial charge < -0.3 is 20.0 Å². The highest BCUT2D eigenvalue weighted by Gasteiger charge is 2.36. The quantitative estimate of drug-likeness (QED) is 0.464. The summed E-state index contributed by atoms with van der Waals surface area (Å²) in [6, 6.07) is 9.24. The Morgan fingerprint density at radius 2 is 1.82 bits per heavy atom. The number of hydrogen-bond donors (Lipinski definition) is 1. The van der Waals surface area contributed by atoms with E-state index < -0.39 is 11.7 Å². The normalized spacial score (nSPS) is 19.5. The lowest BCUT2D eigenvalue weighted by Gasteiger charge is -2.28. The molecule has 5 heterocycles. The fourth-order valence-electron chi connectivity index (χ4n) is 6.10. The Labute approximate surface area is 227 Å². The summed E-state index contributed by atoms with van der Waals surface area (Å²) in [6.45, 7) is 4.92. The van der Waals surface area contributed by atoms with Crippen molar-refractivity contribution >= 4 is 29.0 Å². The van der Waals surface area contributed by atoms with Crippen molar-refractivity contribution in [2.75, 3.05) is 53.2 Å². The molecule has 1 unspecified atom stereocenters. The van der Waals surface area contributed by atoms with Gasteiger partial charge in [0, 0.05) is 68.8 Å². The first-order valence-electron chi connectivity index (χ1n) is 13.8. The van der Waals surface area contributed by atoms with Gasteiger partial charge >= 0.3 is 6.18 Å². The molecule has 3 aromatic rings. The zero-order valence-electron chi connectivity index (χ0n) is 22.4. The van der Waals surface area contributed by atoms with Crippen molar-refractivity contribution in [3.63, 3.8) is 0 Å². The average molecular weight is 538 g/mol. The maximum atomic E-state index is 13.8. The molecule has 6 rings (SSSR count). The van der Waals surface area contributed by atoms with Crippen LogP contribution in [0.3, 0.4) is 0 Å². The van der Waals surface area contributed by atoms with Gasteiger partial charge in [0.15, 0.2) is 0 Å². The molecule has 3 aliphatic heterocycles. The first-order valence-corrected chi connectivity index (χ1v) is 13.8. The molecule has 1 saturated heterocycles. The van der Waals surface area contributed by atoms with Crippen molar-refractivity contribution in [1.29, 1.82) is 0 Å². The third-order valence-corrected chi connectivity index (χ3v) is 8.23. The molecule has 1 fully saturated rings. The zero-order chi connectivity index (χ0) is 27.1. The van der Waals surface area contributed by atoms with E-state index in [1.54, 1.807) is 4.90 Å². The van der Waals surface area contributed by atoms with Gasteiger partial charge in [0.05, 0.1) is 11.3 Å². The standard InChI is InChI=1S/C29H34F3N7/c1-19-6-4-15-39(19)28-35-24-12-17-38(27-23(29(30,31)32)8-3-13-33-27)16-11-22(24)26(36-28)34-21-10-9-20-7-5-14-37(2)25(20)18-21/h3,8-10,13,18-19H,4-7,11-12,14-17H2,1-2H3,(H,34,35,36). The number of nitrogens with one attached hydrogen (secondary N) is 1. The smallest absolute Gasteiger partial charge is 0.374 e. The fourth-order valence-corrected chi connectivity index (χ4v) is 6.10. The Hall–Kier alpha value is -3.56. The number of benzene rings is 1. The second-order valence-corrected chi connectivity index (χ2v) is 10.8. The monoisotopic (exact) mass is 537 g/mol. The first-order chi connectivity index (χ1) is 18.8. The van der Waals surface area contributed by atoms with Crippen LogP contribution in [0.5, 0.6) is 0 Å². The van der Waals surface area contributed by atoms with Gasteiger partial charge in [0.25, 0.3) is 0 Å². The van der Waals surface area contributed by atoms with E-state index >= 15 is 0 Å². The van der Waals surface area contributed by atoms with E-state index in [1.165, 1.54) is 23.5 Å². The van der Waals surface area contributed by atoms with E-state index in [9.17, 15) is 13.2 Å². The number of alkyl halides is 3. The molecule has 0 spiro atoms. The number of aryl methyl sites for hydroxylation is 1. The SMILES string of the molecule is CC1CCCN1c1nc2c(c(Nc3ccc4c(c3)N(C)CCC4)n1)CCN(c1ncccc1C(F)(F)F)CC2. The van der Waals surface area contributed by atoms with E-state index in [2.05, 4.69) is 52.3 Å². The second kappa shape index (κ2) is 10.2. The molecular weight excluding hydrogens is 503 g/mol. The van der Waals surface area contributed by atoms with E-state index in [1.807, 2.05) is 0 Å². The van der Waals surface area contributed by atoms with Crippen molar-refractivity contribution in [2.24, 2.45) is 0 Å². The molecule has 39 heavy (non-hydrogen) atoms. The lowest BCUT2D eigenvalue weighted by atomic mass is 10.0. The Balaban J connectivity index is 1.36. The van der Waals surface area contributed by atoms with Crippen molar-refractivity contribution in [3.05, 3.63) is 58.9 Å². The number of anilines is 5. The summed E-state index contributed by atoms with van der Waals surface area (Å²) in [5.41, 5.74) is 4.67. The number of pyridine rings is 1. The van der Waals surface area contributed by atoms with Crippen molar-refractivity contribution in [2.45, 2.75) is 57.7 Å². The van der Waals surface area contributed by atoms with Crippen LogP contribution >= 0.6 is 0 Å². The molecule has 206 valence electrons. The van der Waals surface area contributed by atoms with Gasteiger partial charge in [-0.15, -0.1) is 0 Å². The van der Waals surface area contributed by atoms with Crippen LogP contribution in [0.2, 0.25) is 0 Å². The molecule has 7 nitrogen and oxygen atoms in total. The van der Waals surface area contributed by atoms with Crippen LogP contribution in [0.4, 0.5) is 42.1 Å². The zero-order valence-corrected chi connectivity index (χ0v) is 22.4. The van der Waals surface area contributed by atoms with E-state index in [-0.39, 0.29) is 5.82 Å². The summed E-state index contributed by atoms with van der Waals surface area (Å²) in [5.74, 6) is 1.41. The molecule has 0 bridgehead atoms. The third kappa shape index (κ3) is 5.08. The third-order valence-electron chi connectivity index (χ3n) is 8.23. The second-order valence-electron chi connectivity index (χ2n) is 10.8. The summed E-state index contributed by atoms with van der Waals surface area (Å²) < 4.78 is 41.3. The predicted molar refractivity (Wildman–Crippen MR) is 148 cm³/mol. The predicted octanol–water partition coefficient (Wildman–Crippen LogP) is 5.61. The molecule has 0 amide bonds. The van der Waals surface area contributed by atoms with Crippen molar-refractivity contribution in [1.82, 2.24) is 15.0 Å². The maximum Gasteiger partial charge on any atom is 0.419 e. The summed E-state index contributed by atoms with van der Waals surface area (Å²) in [7, 11) is 2.12. The number of aromatic nitrogens is 3. The van der Waals surface area contributed by atoms with Crippen LogP contribution in [0, 0.1) is 0 Å². The van der Waals surface area contributed by atoms with Gasteiger partial charge in [-0.25, -0.2) is 9.97 Å². The highest BCUT2D eigenvalue weighted by atomic mass is 19.4. The van der Waals surface area contributed by atoms with Gasteiger partial charge in [0.2, 0.25) is 5.95 Å². The minimum atomic E-state index is -4.46. The van der Waals surface area contributed by atoms with Crippen LogP contribution in [0.1, 0.15) is 48.6 Å². The molecule has 10 heteroatoms. The molecule has 1 atom stereocenters. The summed E-state index contributed by atoms with van der Waals surface area (Å²) in [5, 5.41) is 3.58. The Bertz CT molecular complexity index is 1360. The van der Waals surface area contributed by atoms with Gasteiger partial charge in [-0.2, -0.15) is 18.2 Å². The number of rotatable bonds is 4. The van der Waals surface area contributed by atoms with Gasteiger partial charge in [0.1, 0.15) is 11.6 Å². The topological polar surface area (TPSA) is 60.4 Å². The Morgan fingerprint density at radius 3 is 2.62 bits per heavy atom. The lowest BCUT2D eigenvalue weighted by molar-refractivity contribution is -0.137. The number of halogens is 3. The molecular formula is C29H34F3N7. The Morgan fingerprint density at radius 1 is 0.974 bits per heavy atom. The van der Waals surface area contributed by atoms with Crippen LogP contribution in [0.25, 0.3) is 0 Å². The van der Waals surface area contributed by atoms with Crippen LogP contribution in [0.15, 0.2) is 36.5 Å². The summed E-state index contributed by atoms with van der Waals surface area (Å²) in [6.07, 6.45) is 2.40. The Kier molecular flexibility index (Phi) is 6.72. The summed E-state index contributed by atoms with van der Waals surface area (Å²) in [4.78, 5) is 20.4. The average Bonchev–Trinajstić information content (AvgIpc) is 3.23. The number of nitrogens with zero attached hydrogens (tertiary/aromatic N) is 6. The van der Waals surface area contributed by atoms with Gasteiger partial charge in [-0.1, -0.05) is 6.07 Å². The molecule has 0 saturated carbocycles. The van der Waals surface area contributed by atoms with E-state index in [0.717, 1.165) is 67.6 Å². The largest absolute Gasteiger partial charge is 0.419 e. The van der Waals surface area contributed by atoms with Crippen molar-refractivity contribution in [3.8, 4) is 0 Å². The minimum absolute atomic E-state index is 0.0219. The number of hydrogen-bond acceptors (Lipinski definition) is 7. The van der Waals surface area contributed by atoms with Crippen LogP contribution in [-0.4, -0.2) is 54.2 Å². The fraction of sp³-hybridized carbons (Fsp3) is 0.483. The van der Waals surface area contributed by atoms with E-state index in [4.69, 9.17) is 9.97 Å². The molecule has 2 aromatic heterocycles. The minimum Gasteiger partial charge on any atom is -0.374 e. The molecule has 1 aromatic carbocycles. The van der Waals surface area contributed by atoms with E-state index in [0.29, 0.717) is 37.9 Å². The highest BCUT2D eigenvalue weighted by Crippen LogP contribution is 2.37. The first kappa shape index (κ1) is 25.7. The highest BCUT2D eigenvalue weighted by molar-refractivity contribution is 5.69. The van der Waals surface area contributed by atoms with Crippen molar-refractivity contribution < 1.29 is 13.2 Å². The molecule has 0 radical (unpaired) electrons.